The van der Waals surface area contributed by atoms with E-state index in [0.717, 1.165) is 33.7 Å². The van der Waals surface area contributed by atoms with Gasteiger partial charge in [-0.25, -0.2) is 9.97 Å². The summed E-state index contributed by atoms with van der Waals surface area (Å²) in [5.74, 6) is 1.32. The molecule has 60 heavy (non-hydrogen) atoms. The van der Waals surface area contributed by atoms with Crippen molar-refractivity contribution in [2.24, 2.45) is 0 Å². The van der Waals surface area contributed by atoms with Gasteiger partial charge in [-0.2, -0.15) is 26.8 Å². The molecule has 2 aromatic heterocycles. The molecule has 0 fully saturated rings. The van der Waals surface area contributed by atoms with Crippen LogP contribution in [0.3, 0.4) is 0 Å². The molecule has 0 amide bonds. The molecule has 294 valence electrons. The normalized spacial score (nSPS) is 11.3. The average Bonchev–Trinajstić information content (AvgIpc) is 3.17. The fourth-order valence-electron chi connectivity index (χ4n) is 6.10. The van der Waals surface area contributed by atoms with Crippen LogP contribution < -0.4 is 20.1 Å². The van der Waals surface area contributed by atoms with Crippen LogP contribution in [0.2, 0.25) is 10.6 Å². The molecule has 0 bridgehead atoms. The molecule has 0 aliphatic rings. The van der Waals surface area contributed by atoms with Crippen molar-refractivity contribution in [3.05, 3.63) is 144 Å². The van der Waals surface area contributed by atoms with Gasteiger partial charge in [-0.15, -0.1) is 0 Å². The van der Waals surface area contributed by atoms with E-state index in [1.54, 1.807) is 12.1 Å². The summed E-state index contributed by atoms with van der Waals surface area (Å²) in [5.41, 5.74) is -0.275. The van der Waals surface area contributed by atoms with E-state index in [1.807, 2.05) is 72.8 Å². The van der Waals surface area contributed by atoms with Gasteiger partial charge in [0.1, 0.15) is 32.9 Å². The first-order chi connectivity index (χ1) is 27.7. The molecule has 20 heteroatoms. The summed E-state index contributed by atoms with van der Waals surface area (Å²) in [7, 11) is -10.0. The minimum absolute atomic E-state index is 0. The number of ether oxygens (including phenoxy) is 2. The third-order valence-corrected chi connectivity index (χ3v) is 10.7. The fourth-order valence-corrected chi connectivity index (χ4v) is 7.91. The van der Waals surface area contributed by atoms with E-state index in [9.17, 15) is 25.9 Å². The van der Waals surface area contributed by atoms with E-state index >= 15 is 0 Å². The first-order valence-electron chi connectivity index (χ1n) is 16.9. The third-order valence-electron chi connectivity index (χ3n) is 8.59. The van der Waals surface area contributed by atoms with Crippen molar-refractivity contribution in [2.75, 3.05) is 10.6 Å². The number of hydrogen-bond donors (Lipinski definition) is 4. The first-order valence-corrected chi connectivity index (χ1v) is 20.6. The Morgan fingerprint density at radius 3 is 1.23 bits per heavy atom. The Bertz CT molecular complexity index is 2940. The van der Waals surface area contributed by atoms with Crippen LogP contribution in [0.4, 0.5) is 23.0 Å². The van der Waals surface area contributed by atoms with Gasteiger partial charge in [0.05, 0.1) is 0 Å². The maximum absolute atomic E-state index is 12.8. The number of anilines is 4. The summed E-state index contributed by atoms with van der Waals surface area (Å²) >= 11 is 12.4. The zero-order chi connectivity index (χ0) is 40.6. The van der Waals surface area contributed by atoms with E-state index in [4.69, 9.17) is 32.7 Å². The maximum atomic E-state index is 12.8. The topological polar surface area (TPSA) is 203 Å². The van der Waals surface area contributed by atoms with Crippen molar-refractivity contribution in [3.8, 4) is 34.4 Å². The van der Waals surface area contributed by atoms with Crippen LogP contribution in [0.25, 0.3) is 32.7 Å². The Kier molecular flexibility index (Phi) is 14.1. The molecule has 0 radical (unpaired) electrons. The van der Waals surface area contributed by atoms with Gasteiger partial charge in [0.2, 0.25) is 22.3 Å². The molecular formula is C40H28Cl2N6Na2O8S2. The zero-order valence-electron chi connectivity index (χ0n) is 29.4. The Hall–Kier alpha value is -4.40. The molecule has 0 saturated carbocycles. The van der Waals surface area contributed by atoms with Gasteiger partial charge in [-0.3, -0.25) is 9.11 Å². The molecule has 8 aromatic rings. The molecule has 14 nitrogen and oxygen atoms in total. The number of fused-ring (bicyclic) bond motifs is 2. The number of nitrogens with zero attached hydrogens (tertiary/aromatic N) is 4. The van der Waals surface area contributed by atoms with Crippen LogP contribution in [-0.2, 0) is 20.2 Å². The molecule has 0 saturated heterocycles. The Morgan fingerprint density at radius 2 is 0.850 bits per heavy atom. The van der Waals surface area contributed by atoms with Gasteiger partial charge in [0.15, 0.2) is 0 Å². The molecule has 8 rings (SSSR count). The number of hydrogen-bond acceptors (Lipinski definition) is 12. The van der Waals surface area contributed by atoms with Gasteiger partial charge in [-0.1, -0.05) is 72.8 Å². The molecule has 6 aromatic carbocycles. The van der Waals surface area contributed by atoms with Crippen LogP contribution in [0.15, 0.2) is 143 Å². The SMILES string of the molecule is O=S(=O)(O)c1cc(Nc2cc(Oc3ccc4ccccc4c3)nc(Cl)n2)ccc1-c1ccc(Nc2cc(Oc3ccc4ccccc4c3)nc(Cl)n2)cc1S(=O)(=O)O.[NaH].[NaH]. The van der Waals surface area contributed by atoms with E-state index in [0.29, 0.717) is 11.5 Å². The van der Waals surface area contributed by atoms with Crippen LogP contribution in [0, 0.1) is 0 Å². The van der Waals surface area contributed by atoms with Crippen LogP contribution in [0.5, 0.6) is 23.3 Å². The van der Waals surface area contributed by atoms with E-state index < -0.39 is 30.0 Å². The standard InChI is InChI=1S/C40H26Cl2N6O8S2.2Na.2H/c41-39-45-35(21-37(47-39)55-29-13-9-23-5-1-3-7-25(23)17-29)43-27-11-15-31(33(19-27)57(49,50)51)32-16-12-28(20-34(32)58(52,53)54)44-36-22-38(48-40(42)46-36)56-30-14-10-24-6-2-4-8-26(24)18-30;;;;/h1-22H,(H,43,45,47)(H,44,46,48)(H,49,50,51)(H,52,53,54);;;;. The number of rotatable bonds is 11. The number of aromatic nitrogens is 4. The predicted octanol–water partition coefficient (Wildman–Crippen LogP) is 8.82. The predicted molar refractivity (Wildman–Crippen MR) is 234 cm³/mol. The number of halogens is 2. The second-order valence-electron chi connectivity index (χ2n) is 12.6. The Morgan fingerprint density at radius 1 is 0.467 bits per heavy atom. The quantitative estimate of drug-likeness (QED) is 0.0545. The van der Waals surface area contributed by atoms with Crippen molar-refractivity contribution in [3.63, 3.8) is 0 Å². The van der Waals surface area contributed by atoms with Gasteiger partial charge in [-0.05, 0) is 93.3 Å². The minimum atomic E-state index is -5.00. The third kappa shape index (κ3) is 10.7. The molecule has 0 unspecified atom stereocenters. The summed E-state index contributed by atoms with van der Waals surface area (Å²) in [6.07, 6.45) is 0. The molecule has 4 N–H and O–H groups in total. The van der Waals surface area contributed by atoms with Crippen molar-refractivity contribution < 1.29 is 35.4 Å². The Balaban J connectivity index is 0.00000302. The average molecular weight is 902 g/mol. The fraction of sp³-hybridized carbons (Fsp3) is 0. The van der Waals surface area contributed by atoms with Crippen LogP contribution >= 0.6 is 23.2 Å². The summed E-state index contributed by atoms with van der Waals surface area (Å²) in [6, 6.07) is 36.6. The van der Waals surface area contributed by atoms with E-state index in [-0.39, 0.29) is 116 Å². The van der Waals surface area contributed by atoms with Gasteiger partial charge >= 0.3 is 59.1 Å². The second-order valence-corrected chi connectivity index (χ2v) is 16.0. The molecule has 0 atom stereocenters. The van der Waals surface area contributed by atoms with Crippen LogP contribution in [0.1, 0.15) is 0 Å². The van der Waals surface area contributed by atoms with E-state index in [2.05, 4.69) is 30.6 Å². The monoisotopic (exact) mass is 900 g/mol. The molecular weight excluding hydrogens is 873 g/mol. The number of benzene rings is 6. The van der Waals surface area contributed by atoms with Crippen LogP contribution in [-0.4, -0.2) is 105 Å². The second kappa shape index (κ2) is 18.7. The molecule has 0 aliphatic carbocycles. The van der Waals surface area contributed by atoms with Crippen molar-refractivity contribution in [2.45, 2.75) is 9.79 Å². The van der Waals surface area contributed by atoms with Crippen molar-refractivity contribution >= 4 is 147 Å². The van der Waals surface area contributed by atoms with Gasteiger partial charge in [0, 0.05) is 34.6 Å². The Labute approximate surface area is 397 Å². The van der Waals surface area contributed by atoms with Crippen molar-refractivity contribution in [1.29, 1.82) is 0 Å². The number of nitrogens with one attached hydrogen (secondary N) is 2. The first kappa shape index (κ1) is 45.1. The molecule has 2 heterocycles. The van der Waals surface area contributed by atoms with E-state index in [1.165, 1.54) is 36.4 Å². The molecule has 0 spiro atoms. The van der Waals surface area contributed by atoms with Gasteiger partial charge < -0.3 is 20.1 Å². The summed E-state index contributed by atoms with van der Waals surface area (Å²) in [5, 5.41) is 9.34. The van der Waals surface area contributed by atoms with Crippen molar-refractivity contribution in [1.82, 2.24) is 19.9 Å². The van der Waals surface area contributed by atoms with Gasteiger partial charge in [0.25, 0.3) is 20.2 Å². The zero-order valence-corrected chi connectivity index (χ0v) is 32.6. The molecule has 0 aliphatic heterocycles. The summed E-state index contributed by atoms with van der Waals surface area (Å²) < 4.78 is 83.5. The summed E-state index contributed by atoms with van der Waals surface area (Å²) in [6.45, 7) is 0. The summed E-state index contributed by atoms with van der Waals surface area (Å²) in [4.78, 5) is 15.1.